The van der Waals surface area contributed by atoms with Gasteiger partial charge in [0.1, 0.15) is 11.6 Å². The Morgan fingerprint density at radius 3 is 2.46 bits per heavy atom. The smallest absolute Gasteiger partial charge is 0.234 e. The maximum atomic E-state index is 13.7. The summed E-state index contributed by atoms with van der Waals surface area (Å²) in [6.45, 7) is 3.55. The van der Waals surface area contributed by atoms with Gasteiger partial charge in [-0.2, -0.15) is 0 Å². The van der Waals surface area contributed by atoms with Crippen LogP contribution < -0.4 is 10.6 Å². The molecule has 2 aromatic carbocycles. The minimum atomic E-state index is -0.639. The molecule has 0 fully saturated rings. The maximum Gasteiger partial charge on any atom is 0.234 e. The highest BCUT2D eigenvalue weighted by molar-refractivity contribution is 6.31. The molecule has 0 radical (unpaired) electrons. The summed E-state index contributed by atoms with van der Waals surface area (Å²) in [7, 11) is 0. The molecule has 1 amide bonds. The molecule has 2 N–H and O–H groups in total. The lowest BCUT2D eigenvalue weighted by atomic mass is 10.1. The number of carbonyl (C=O) groups excluding carboxylic acids is 1. The molecule has 0 saturated heterocycles. The van der Waals surface area contributed by atoms with E-state index in [-0.39, 0.29) is 18.5 Å². The Hall–Kier alpha value is -1.98. The van der Waals surface area contributed by atoms with Gasteiger partial charge in [0.15, 0.2) is 0 Å². The third-order valence-electron chi connectivity index (χ3n) is 3.75. The summed E-state index contributed by atoms with van der Waals surface area (Å²) < 4.78 is 26.6. The van der Waals surface area contributed by atoms with Crippen molar-refractivity contribution in [3.63, 3.8) is 0 Å². The molecule has 2 atom stereocenters. The van der Waals surface area contributed by atoms with Gasteiger partial charge in [0, 0.05) is 22.7 Å². The molecule has 3 nitrogen and oxygen atoms in total. The number of hydrogen-bond acceptors (Lipinski definition) is 2. The van der Waals surface area contributed by atoms with E-state index >= 15 is 0 Å². The summed E-state index contributed by atoms with van der Waals surface area (Å²) in [5.41, 5.74) is 1.13. The molecular formula is C18H19ClF2N2O. The quantitative estimate of drug-likeness (QED) is 0.820. The fourth-order valence-corrected chi connectivity index (χ4v) is 2.70. The van der Waals surface area contributed by atoms with Crippen LogP contribution in [0.5, 0.6) is 0 Å². The van der Waals surface area contributed by atoms with E-state index in [0.29, 0.717) is 10.6 Å². The van der Waals surface area contributed by atoms with Gasteiger partial charge in [-0.05, 0) is 31.5 Å². The second kappa shape index (κ2) is 8.22. The molecule has 0 bridgehead atoms. The van der Waals surface area contributed by atoms with E-state index in [1.54, 1.807) is 13.0 Å². The Bertz CT molecular complexity index is 724. The highest BCUT2D eigenvalue weighted by Crippen LogP contribution is 2.22. The Morgan fingerprint density at radius 2 is 1.79 bits per heavy atom. The monoisotopic (exact) mass is 352 g/mol. The molecule has 0 aliphatic carbocycles. The fraction of sp³-hybridized carbons (Fsp3) is 0.278. The van der Waals surface area contributed by atoms with Crippen molar-refractivity contribution in [2.75, 3.05) is 6.54 Å². The normalized spacial score (nSPS) is 13.4. The van der Waals surface area contributed by atoms with Gasteiger partial charge in [-0.25, -0.2) is 8.78 Å². The van der Waals surface area contributed by atoms with Crippen molar-refractivity contribution in [3.8, 4) is 0 Å². The third kappa shape index (κ3) is 4.76. The average molecular weight is 353 g/mol. The van der Waals surface area contributed by atoms with Crippen LogP contribution in [0.1, 0.15) is 37.1 Å². The lowest BCUT2D eigenvalue weighted by molar-refractivity contribution is -0.121. The molecule has 2 aromatic rings. The molecule has 0 aliphatic heterocycles. The molecule has 0 aliphatic rings. The van der Waals surface area contributed by atoms with Crippen molar-refractivity contribution in [1.29, 1.82) is 0 Å². The largest absolute Gasteiger partial charge is 0.348 e. The average Bonchev–Trinajstić information content (AvgIpc) is 2.53. The topological polar surface area (TPSA) is 41.1 Å². The van der Waals surface area contributed by atoms with Crippen LogP contribution in [0.15, 0.2) is 42.5 Å². The summed E-state index contributed by atoms with van der Waals surface area (Å²) in [5.74, 6) is -1.51. The number of amides is 1. The van der Waals surface area contributed by atoms with Crippen LogP contribution in [0, 0.1) is 11.6 Å². The van der Waals surface area contributed by atoms with Crippen molar-refractivity contribution < 1.29 is 13.6 Å². The fourth-order valence-electron chi connectivity index (χ4n) is 2.40. The SMILES string of the molecule is CC(NCC(=O)NC(C)c1ccccc1Cl)c1ccc(F)cc1F. The molecule has 0 aromatic heterocycles. The van der Waals surface area contributed by atoms with Gasteiger partial charge in [0.25, 0.3) is 0 Å². The van der Waals surface area contributed by atoms with E-state index in [0.717, 1.165) is 11.6 Å². The van der Waals surface area contributed by atoms with Crippen molar-refractivity contribution in [1.82, 2.24) is 10.6 Å². The van der Waals surface area contributed by atoms with Gasteiger partial charge >= 0.3 is 0 Å². The van der Waals surface area contributed by atoms with Crippen molar-refractivity contribution in [2.45, 2.75) is 25.9 Å². The zero-order valence-electron chi connectivity index (χ0n) is 13.4. The second-order valence-electron chi connectivity index (χ2n) is 5.58. The molecule has 2 unspecified atom stereocenters. The summed E-state index contributed by atoms with van der Waals surface area (Å²) in [5, 5.41) is 6.33. The van der Waals surface area contributed by atoms with Gasteiger partial charge in [0.2, 0.25) is 5.91 Å². The highest BCUT2D eigenvalue weighted by atomic mass is 35.5. The van der Waals surface area contributed by atoms with Crippen LogP contribution in [0.25, 0.3) is 0 Å². The van der Waals surface area contributed by atoms with Crippen molar-refractivity contribution >= 4 is 17.5 Å². The highest BCUT2D eigenvalue weighted by Gasteiger charge is 2.15. The zero-order chi connectivity index (χ0) is 17.7. The van der Waals surface area contributed by atoms with E-state index in [4.69, 9.17) is 11.6 Å². The summed E-state index contributed by atoms with van der Waals surface area (Å²) in [6.07, 6.45) is 0. The predicted octanol–water partition coefficient (Wildman–Crippen LogP) is 4.15. The van der Waals surface area contributed by atoms with Gasteiger partial charge in [0.05, 0.1) is 12.6 Å². The van der Waals surface area contributed by atoms with Crippen LogP contribution in [0.4, 0.5) is 8.78 Å². The standard InChI is InChI=1S/C18H19ClF2N2O/c1-11(15-8-7-13(20)9-17(15)21)22-10-18(24)23-12(2)14-5-3-4-6-16(14)19/h3-9,11-12,22H,10H2,1-2H3,(H,23,24). The first-order valence-corrected chi connectivity index (χ1v) is 7.98. The van der Waals surface area contributed by atoms with E-state index in [9.17, 15) is 13.6 Å². The summed E-state index contributed by atoms with van der Waals surface area (Å²) in [6, 6.07) is 9.99. The minimum absolute atomic E-state index is 0.00672. The Morgan fingerprint density at radius 1 is 1.08 bits per heavy atom. The minimum Gasteiger partial charge on any atom is -0.348 e. The number of rotatable bonds is 6. The van der Waals surface area contributed by atoms with Crippen LogP contribution in [0.3, 0.4) is 0 Å². The van der Waals surface area contributed by atoms with Crippen LogP contribution >= 0.6 is 11.6 Å². The third-order valence-corrected chi connectivity index (χ3v) is 4.09. The maximum absolute atomic E-state index is 13.7. The molecule has 0 saturated carbocycles. The Labute approximate surface area is 145 Å². The van der Waals surface area contributed by atoms with Gasteiger partial charge in [-0.3, -0.25) is 4.79 Å². The van der Waals surface area contributed by atoms with E-state index in [1.807, 2.05) is 25.1 Å². The van der Waals surface area contributed by atoms with Crippen LogP contribution in [0.2, 0.25) is 5.02 Å². The van der Waals surface area contributed by atoms with E-state index < -0.39 is 17.7 Å². The Balaban J connectivity index is 1.90. The molecule has 6 heteroatoms. The molecular weight excluding hydrogens is 334 g/mol. The molecule has 24 heavy (non-hydrogen) atoms. The Kier molecular flexibility index (Phi) is 6.29. The van der Waals surface area contributed by atoms with Gasteiger partial charge in [-0.15, -0.1) is 0 Å². The lowest BCUT2D eigenvalue weighted by Gasteiger charge is -2.18. The molecule has 0 spiro atoms. The summed E-state index contributed by atoms with van der Waals surface area (Å²) in [4.78, 5) is 12.0. The van der Waals surface area contributed by atoms with Crippen LogP contribution in [-0.2, 0) is 4.79 Å². The zero-order valence-corrected chi connectivity index (χ0v) is 14.2. The molecule has 0 heterocycles. The number of carbonyl (C=O) groups is 1. The molecule has 128 valence electrons. The second-order valence-corrected chi connectivity index (χ2v) is 5.99. The van der Waals surface area contributed by atoms with Crippen LogP contribution in [-0.4, -0.2) is 12.5 Å². The first-order valence-electron chi connectivity index (χ1n) is 7.60. The first-order chi connectivity index (χ1) is 11.4. The number of hydrogen-bond donors (Lipinski definition) is 2. The van der Waals surface area contributed by atoms with E-state index in [2.05, 4.69) is 10.6 Å². The number of halogens is 3. The summed E-state index contributed by atoms with van der Waals surface area (Å²) >= 11 is 6.10. The van der Waals surface area contributed by atoms with Crippen molar-refractivity contribution in [2.24, 2.45) is 0 Å². The van der Waals surface area contributed by atoms with Gasteiger partial charge in [-0.1, -0.05) is 35.9 Å². The van der Waals surface area contributed by atoms with Crippen molar-refractivity contribution in [3.05, 3.63) is 70.2 Å². The predicted molar refractivity (Wildman–Crippen MR) is 90.8 cm³/mol. The van der Waals surface area contributed by atoms with Gasteiger partial charge < -0.3 is 10.6 Å². The molecule has 2 rings (SSSR count). The lowest BCUT2D eigenvalue weighted by Crippen LogP contribution is -2.36. The van der Waals surface area contributed by atoms with E-state index in [1.165, 1.54) is 12.1 Å². The number of nitrogens with one attached hydrogen (secondary N) is 2. The number of benzene rings is 2. The first kappa shape index (κ1) is 18.4.